The summed E-state index contributed by atoms with van der Waals surface area (Å²) in [6.07, 6.45) is 3.11. The summed E-state index contributed by atoms with van der Waals surface area (Å²) >= 11 is 0. The third-order valence-electron chi connectivity index (χ3n) is 3.90. The van der Waals surface area contributed by atoms with Gasteiger partial charge in [-0.25, -0.2) is 4.68 Å². The smallest absolute Gasteiger partial charge is 0.254 e. The van der Waals surface area contributed by atoms with Crippen molar-refractivity contribution in [1.82, 2.24) is 15.1 Å². The van der Waals surface area contributed by atoms with Gasteiger partial charge in [-0.15, -0.1) is 0 Å². The van der Waals surface area contributed by atoms with Crippen LogP contribution in [0.15, 0.2) is 36.7 Å². The Balaban J connectivity index is 1.72. The molecule has 0 spiro atoms. The van der Waals surface area contributed by atoms with Gasteiger partial charge in [0.1, 0.15) is 17.5 Å². The fraction of sp³-hybridized carbons (Fsp3) is 0.412. The lowest BCUT2D eigenvalue weighted by atomic mass is 10.2. The molecule has 7 nitrogen and oxygen atoms in total. The van der Waals surface area contributed by atoms with E-state index in [0.717, 1.165) is 5.69 Å². The molecule has 0 radical (unpaired) electrons. The van der Waals surface area contributed by atoms with Crippen LogP contribution in [0.5, 0.6) is 5.75 Å². The third-order valence-corrected chi connectivity index (χ3v) is 3.90. The first-order valence-corrected chi connectivity index (χ1v) is 7.91. The zero-order chi connectivity index (χ0) is 16.9. The van der Waals surface area contributed by atoms with E-state index in [1.165, 1.54) is 6.20 Å². The van der Waals surface area contributed by atoms with Crippen molar-refractivity contribution in [3.8, 4) is 11.4 Å². The molecular weight excluding hydrogens is 310 g/mol. The number of nitrogens with zero attached hydrogens (tertiary/aromatic N) is 2. The molecule has 2 heterocycles. The maximum absolute atomic E-state index is 12.4. The highest BCUT2D eigenvalue weighted by atomic mass is 16.5. The minimum absolute atomic E-state index is 0.108. The number of para-hydroxylation sites is 2. The Labute approximate surface area is 140 Å². The third kappa shape index (κ3) is 3.42. The summed E-state index contributed by atoms with van der Waals surface area (Å²) in [6.45, 7) is 3.47. The predicted molar refractivity (Wildman–Crippen MR) is 87.6 cm³/mol. The summed E-state index contributed by atoms with van der Waals surface area (Å²) in [5.74, 6) is 0.490. The molecule has 1 N–H and O–H groups in total. The fourth-order valence-corrected chi connectivity index (χ4v) is 2.69. The van der Waals surface area contributed by atoms with Gasteiger partial charge in [0.05, 0.1) is 38.1 Å². The molecule has 1 fully saturated rings. The highest BCUT2D eigenvalue weighted by Gasteiger charge is 2.30. The molecule has 1 saturated heterocycles. The largest absolute Gasteiger partial charge is 0.494 e. The van der Waals surface area contributed by atoms with Crippen LogP contribution in [0, 0.1) is 0 Å². The van der Waals surface area contributed by atoms with Crippen molar-refractivity contribution in [2.24, 2.45) is 0 Å². The molecule has 1 aliphatic heterocycles. The van der Waals surface area contributed by atoms with Crippen LogP contribution < -0.4 is 10.1 Å². The molecule has 1 amide bonds. The number of rotatable bonds is 6. The van der Waals surface area contributed by atoms with E-state index < -0.39 is 0 Å². The van der Waals surface area contributed by atoms with Crippen molar-refractivity contribution in [2.45, 2.75) is 19.1 Å². The molecule has 3 rings (SSSR count). The van der Waals surface area contributed by atoms with Gasteiger partial charge in [-0.05, 0) is 19.1 Å². The number of carbonyl (C=O) groups is 1. The summed E-state index contributed by atoms with van der Waals surface area (Å²) in [5.41, 5.74) is 1.25. The van der Waals surface area contributed by atoms with Crippen LogP contribution >= 0.6 is 0 Å². The Morgan fingerprint density at radius 1 is 1.42 bits per heavy atom. The summed E-state index contributed by atoms with van der Waals surface area (Å²) in [4.78, 5) is 12.4. The minimum atomic E-state index is -0.198. The SMILES string of the molecule is CCO[C@H]1COC[C@@H]1NC(=O)c1cnn(-c2ccccc2OC)c1. The number of hydrogen-bond acceptors (Lipinski definition) is 5. The highest BCUT2D eigenvalue weighted by Crippen LogP contribution is 2.21. The van der Waals surface area contributed by atoms with E-state index >= 15 is 0 Å². The fourth-order valence-electron chi connectivity index (χ4n) is 2.69. The van der Waals surface area contributed by atoms with E-state index in [4.69, 9.17) is 14.2 Å². The Kier molecular flexibility index (Phi) is 5.12. The Morgan fingerprint density at radius 2 is 2.25 bits per heavy atom. The van der Waals surface area contributed by atoms with E-state index in [-0.39, 0.29) is 18.1 Å². The number of ether oxygens (including phenoxy) is 3. The molecule has 0 aliphatic carbocycles. The summed E-state index contributed by atoms with van der Waals surface area (Å²) in [7, 11) is 1.60. The van der Waals surface area contributed by atoms with Crippen molar-refractivity contribution in [3.05, 3.63) is 42.2 Å². The molecule has 1 aromatic carbocycles. The van der Waals surface area contributed by atoms with Crippen molar-refractivity contribution in [1.29, 1.82) is 0 Å². The summed E-state index contributed by atoms with van der Waals surface area (Å²) in [5, 5.41) is 7.21. The minimum Gasteiger partial charge on any atom is -0.494 e. The van der Waals surface area contributed by atoms with Gasteiger partial charge < -0.3 is 19.5 Å². The Morgan fingerprint density at radius 3 is 3.04 bits per heavy atom. The standard InChI is InChI=1S/C17H21N3O4/c1-3-24-16-11-23-10-13(16)19-17(21)12-8-18-20(9-12)14-6-4-5-7-15(14)22-2/h4-9,13,16H,3,10-11H2,1-2H3,(H,19,21)/t13-,16-/m0/s1. The van der Waals surface area contributed by atoms with E-state index in [1.54, 1.807) is 18.0 Å². The number of carbonyl (C=O) groups excluding carboxylic acids is 1. The van der Waals surface area contributed by atoms with E-state index in [1.807, 2.05) is 31.2 Å². The number of amides is 1. The lowest BCUT2D eigenvalue weighted by molar-refractivity contribution is 0.0402. The molecule has 0 bridgehead atoms. The molecule has 2 atom stereocenters. The van der Waals surface area contributed by atoms with Crippen molar-refractivity contribution < 1.29 is 19.0 Å². The zero-order valence-corrected chi connectivity index (χ0v) is 13.8. The molecule has 0 saturated carbocycles. The number of benzene rings is 1. The predicted octanol–water partition coefficient (Wildman–Crippen LogP) is 1.41. The van der Waals surface area contributed by atoms with Gasteiger partial charge in [0.25, 0.3) is 5.91 Å². The van der Waals surface area contributed by atoms with Gasteiger partial charge in [0, 0.05) is 12.8 Å². The van der Waals surface area contributed by atoms with Gasteiger partial charge in [0.15, 0.2) is 0 Å². The number of hydrogen-bond donors (Lipinski definition) is 1. The van der Waals surface area contributed by atoms with Crippen molar-refractivity contribution in [3.63, 3.8) is 0 Å². The number of aromatic nitrogens is 2. The van der Waals surface area contributed by atoms with Gasteiger partial charge in [0.2, 0.25) is 0 Å². The summed E-state index contributed by atoms with van der Waals surface area (Å²) in [6, 6.07) is 7.35. The first-order valence-electron chi connectivity index (χ1n) is 7.91. The van der Waals surface area contributed by atoms with Crippen LogP contribution in [0.2, 0.25) is 0 Å². The van der Waals surface area contributed by atoms with Crippen molar-refractivity contribution >= 4 is 5.91 Å². The zero-order valence-electron chi connectivity index (χ0n) is 13.8. The van der Waals surface area contributed by atoms with Gasteiger partial charge in [-0.2, -0.15) is 5.10 Å². The molecule has 1 aliphatic rings. The summed E-state index contributed by atoms with van der Waals surface area (Å²) < 4.78 is 17.9. The molecule has 24 heavy (non-hydrogen) atoms. The second-order valence-corrected chi connectivity index (χ2v) is 5.46. The van der Waals surface area contributed by atoms with Crippen molar-refractivity contribution in [2.75, 3.05) is 26.9 Å². The average Bonchev–Trinajstić information content (AvgIpc) is 3.25. The maximum atomic E-state index is 12.4. The van der Waals surface area contributed by atoms with Crippen LogP contribution in [-0.4, -0.2) is 54.8 Å². The number of nitrogens with one attached hydrogen (secondary N) is 1. The average molecular weight is 331 g/mol. The van der Waals surface area contributed by atoms with Crippen LogP contribution in [0.3, 0.4) is 0 Å². The quantitative estimate of drug-likeness (QED) is 0.866. The monoisotopic (exact) mass is 331 g/mol. The van der Waals surface area contributed by atoms with E-state index in [9.17, 15) is 4.79 Å². The van der Waals surface area contributed by atoms with E-state index in [2.05, 4.69) is 10.4 Å². The first kappa shape index (κ1) is 16.5. The Bertz CT molecular complexity index is 701. The molecule has 1 aromatic heterocycles. The highest BCUT2D eigenvalue weighted by molar-refractivity contribution is 5.94. The van der Waals surface area contributed by atoms with E-state index in [0.29, 0.717) is 31.1 Å². The van der Waals surface area contributed by atoms with Gasteiger partial charge in [-0.1, -0.05) is 12.1 Å². The molecular formula is C17H21N3O4. The van der Waals surface area contributed by atoms with Crippen LogP contribution in [-0.2, 0) is 9.47 Å². The second kappa shape index (κ2) is 7.46. The molecule has 7 heteroatoms. The van der Waals surface area contributed by atoms with Crippen LogP contribution in [0.1, 0.15) is 17.3 Å². The maximum Gasteiger partial charge on any atom is 0.254 e. The first-order chi connectivity index (χ1) is 11.7. The second-order valence-electron chi connectivity index (χ2n) is 5.46. The normalized spacial score (nSPS) is 20.1. The van der Waals surface area contributed by atoms with Gasteiger partial charge >= 0.3 is 0 Å². The lowest BCUT2D eigenvalue weighted by Gasteiger charge is -2.18. The molecule has 0 unspecified atom stereocenters. The molecule has 2 aromatic rings. The van der Waals surface area contributed by atoms with Crippen LogP contribution in [0.25, 0.3) is 5.69 Å². The van der Waals surface area contributed by atoms with Gasteiger partial charge in [-0.3, -0.25) is 4.79 Å². The molecule has 128 valence electrons. The topological polar surface area (TPSA) is 74.6 Å². The number of methoxy groups -OCH3 is 1. The van der Waals surface area contributed by atoms with Crippen LogP contribution in [0.4, 0.5) is 0 Å². The lowest BCUT2D eigenvalue weighted by Crippen LogP contribution is -2.43. The Hall–Kier alpha value is -2.38.